The number of anilines is 1. The van der Waals surface area contributed by atoms with Gasteiger partial charge in [0.25, 0.3) is 5.56 Å². The molecule has 0 aliphatic rings. The quantitative estimate of drug-likeness (QED) is 0.496. The number of nitrogens with two attached hydrogens (primary N) is 1. The van der Waals surface area contributed by atoms with E-state index in [1.807, 2.05) is 60.7 Å². The van der Waals surface area contributed by atoms with E-state index in [2.05, 4.69) is 10.3 Å². The Bertz CT molecular complexity index is 1130. The SMILES string of the molecule is NC(=O)Cn1c(-c2ccccc2)cnc(NCCc2ccccc2)c1=O.O=C(O)C(F)(F)F. The third-order valence-corrected chi connectivity index (χ3v) is 4.23. The number of amides is 1. The molecule has 3 aromatic rings. The Morgan fingerprint density at radius 1 is 1.03 bits per heavy atom. The second-order valence-electron chi connectivity index (χ2n) is 6.68. The second-order valence-corrected chi connectivity index (χ2v) is 6.68. The molecule has 1 amide bonds. The lowest BCUT2D eigenvalue weighted by Gasteiger charge is -2.13. The fourth-order valence-electron chi connectivity index (χ4n) is 2.73. The summed E-state index contributed by atoms with van der Waals surface area (Å²) in [4.78, 5) is 37.4. The predicted molar refractivity (Wildman–Crippen MR) is 115 cm³/mol. The molecule has 0 spiro atoms. The maximum absolute atomic E-state index is 12.8. The van der Waals surface area contributed by atoms with E-state index in [4.69, 9.17) is 15.6 Å². The number of primary amides is 1. The van der Waals surface area contributed by atoms with E-state index < -0.39 is 18.1 Å². The van der Waals surface area contributed by atoms with E-state index in [9.17, 15) is 22.8 Å². The minimum atomic E-state index is -5.08. The lowest BCUT2D eigenvalue weighted by Crippen LogP contribution is -2.31. The minimum absolute atomic E-state index is 0.195. The van der Waals surface area contributed by atoms with Gasteiger partial charge in [0.1, 0.15) is 6.54 Å². The molecule has 0 aliphatic carbocycles. The normalized spacial score (nSPS) is 10.6. The van der Waals surface area contributed by atoms with Crippen LogP contribution in [0.15, 0.2) is 71.7 Å². The Hall–Kier alpha value is -4.15. The number of carboxylic acids is 1. The van der Waals surface area contributed by atoms with Crippen LogP contribution in [0.2, 0.25) is 0 Å². The number of aromatic nitrogens is 2. The Morgan fingerprint density at radius 3 is 2.09 bits per heavy atom. The highest BCUT2D eigenvalue weighted by Crippen LogP contribution is 2.17. The van der Waals surface area contributed by atoms with Gasteiger partial charge in [0, 0.05) is 6.54 Å². The van der Waals surface area contributed by atoms with Gasteiger partial charge < -0.3 is 16.2 Å². The van der Waals surface area contributed by atoms with Crippen molar-refractivity contribution in [3.05, 3.63) is 82.8 Å². The van der Waals surface area contributed by atoms with Gasteiger partial charge in [0.2, 0.25) is 5.91 Å². The first-order valence-corrected chi connectivity index (χ1v) is 9.61. The van der Waals surface area contributed by atoms with Crippen LogP contribution < -0.4 is 16.6 Å². The molecule has 0 saturated carbocycles. The molecular formula is C22H21F3N4O4. The number of nitrogens with one attached hydrogen (secondary N) is 1. The molecule has 0 saturated heterocycles. The molecule has 1 aromatic heterocycles. The van der Waals surface area contributed by atoms with E-state index in [0.717, 1.165) is 12.0 Å². The molecule has 0 atom stereocenters. The van der Waals surface area contributed by atoms with Crippen molar-refractivity contribution in [3.8, 4) is 11.3 Å². The average Bonchev–Trinajstić information content (AvgIpc) is 2.77. The van der Waals surface area contributed by atoms with Gasteiger partial charge in [-0.3, -0.25) is 14.2 Å². The molecule has 0 fully saturated rings. The molecule has 1 heterocycles. The second kappa shape index (κ2) is 11.5. The van der Waals surface area contributed by atoms with Crippen molar-refractivity contribution in [1.82, 2.24) is 9.55 Å². The van der Waals surface area contributed by atoms with Crippen molar-refractivity contribution < 1.29 is 27.9 Å². The van der Waals surface area contributed by atoms with Crippen LogP contribution in [0.3, 0.4) is 0 Å². The van der Waals surface area contributed by atoms with Crippen molar-refractivity contribution in [2.75, 3.05) is 11.9 Å². The zero-order valence-corrected chi connectivity index (χ0v) is 17.2. The van der Waals surface area contributed by atoms with Gasteiger partial charge in [0.15, 0.2) is 5.82 Å². The molecule has 2 aromatic carbocycles. The highest BCUT2D eigenvalue weighted by atomic mass is 19.4. The van der Waals surface area contributed by atoms with E-state index in [-0.39, 0.29) is 17.9 Å². The third kappa shape index (κ3) is 7.80. The average molecular weight is 462 g/mol. The summed E-state index contributed by atoms with van der Waals surface area (Å²) in [6.07, 6.45) is -2.73. The molecule has 8 nitrogen and oxygen atoms in total. The lowest BCUT2D eigenvalue weighted by atomic mass is 10.1. The summed E-state index contributed by atoms with van der Waals surface area (Å²) in [5.41, 5.74) is 7.49. The van der Waals surface area contributed by atoms with Crippen molar-refractivity contribution in [1.29, 1.82) is 0 Å². The number of hydrogen-bond donors (Lipinski definition) is 3. The van der Waals surface area contributed by atoms with Crippen molar-refractivity contribution in [2.24, 2.45) is 5.73 Å². The summed E-state index contributed by atoms with van der Waals surface area (Å²) >= 11 is 0. The van der Waals surface area contributed by atoms with Gasteiger partial charge in [-0.05, 0) is 17.5 Å². The van der Waals surface area contributed by atoms with Crippen molar-refractivity contribution in [2.45, 2.75) is 19.1 Å². The molecule has 174 valence electrons. The molecule has 33 heavy (non-hydrogen) atoms. The van der Waals surface area contributed by atoms with Gasteiger partial charge >= 0.3 is 12.1 Å². The van der Waals surface area contributed by atoms with Crippen LogP contribution in [0.4, 0.5) is 19.0 Å². The van der Waals surface area contributed by atoms with Crippen LogP contribution in [0, 0.1) is 0 Å². The molecule has 0 unspecified atom stereocenters. The molecule has 0 radical (unpaired) electrons. The summed E-state index contributed by atoms with van der Waals surface area (Å²) in [7, 11) is 0. The predicted octanol–water partition coefficient (Wildman–Crippen LogP) is 2.68. The van der Waals surface area contributed by atoms with E-state index >= 15 is 0 Å². The first kappa shape index (κ1) is 25.1. The van der Waals surface area contributed by atoms with Crippen LogP contribution in [0.5, 0.6) is 0 Å². The number of carbonyl (C=O) groups excluding carboxylic acids is 1. The van der Waals surface area contributed by atoms with Gasteiger partial charge in [-0.15, -0.1) is 0 Å². The zero-order chi connectivity index (χ0) is 24.4. The maximum atomic E-state index is 12.8. The van der Waals surface area contributed by atoms with Gasteiger partial charge in [-0.2, -0.15) is 13.2 Å². The largest absolute Gasteiger partial charge is 0.490 e. The summed E-state index contributed by atoms with van der Waals surface area (Å²) in [6, 6.07) is 19.3. The monoisotopic (exact) mass is 462 g/mol. The highest BCUT2D eigenvalue weighted by molar-refractivity contribution is 5.75. The Labute approximate surface area is 186 Å². The Balaban J connectivity index is 0.000000479. The molecule has 0 aliphatic heterocycles. The number of halogens is 3. The molecule has 0 bridgehead atoms. The number of aliphatic carboxylic acids is 1. The summed E-state index contributed by atoms with van der Waals surface area (Å²) in [6.45, 7) is 0.368. The topological polar surface area (TPSA) is 127 Å². The van der Waals surface area contributed by atoms with Crippen LogP contribution in [0.25, 0.3) is 11.3 Å². The highest BCUT2D eigenvalue weighted by Gasteiger charge is 2.38. The van der Waals surface area contributed by atoms with Crippen molar-refractivity contribution >= 4 is 17.7 Å². The number of carbonyl (C=O) groups is 2. The van der Waals surface area contributed by atoms with Crippen LogP contribution in [-0.4, -0.2) is 39.3 Å². The minimum Gasteiger partial charge on any atom is -0.475 e. The van der Waals surface area contributed by atoms with E-state index in [1.54, 1.807) is 6.20 Å². The fourth-order valence-corrected chi connectivity index (χ4v) is 2.73. The first-order valence-electron chi connectivity index (χ1n) is 9.61. The Morgan fingerprint density at radius 2 is 1.58 bits per heavy atom. The summed E-state index contributed by atoms with van der Waals surface area (Å²) in [5, 5.41) is 10.2. The lowest BCUT2D eigenvalue weighted by molar-refractivity contribution is -0.192. The molecular weight excluding hydrogens is 441 g/mol. The maximum Gasteiger partial charge on any atom is 0.490 e. The van der Waals surface area contributed by atoms with Crippen LogP contribution in [0.1, 0.15) is 5.56 Å². The number of benzene rings is 2. The number of alkyl halides is 3. The smallest absolute Gasteiger partial charge is 0.475 e. The van der Waals surface area contributed by atoms with Gasteiger partial charge in [-0.1, -0.05) is 60.7 Å². The summed E-state index contributed by atoms with van der Waals surface area (Å²) < 4.78 is 33.1. The number of rotatable bonds is 7. The molecule has 11 heteroatoms. The summed E-state index contributed by atoms with van der Waals surface area (Å²) in [5.74, 6) is -3.12. The zero-order valence-electron chi connectivity index (χ0n) is 17.2. The Kier molecular flexibility index (Phi) is 8.72. The van der Waals surface area contributed by atoms with Crippen LogP contribution in [-0.2, 0) is 22.6 Å². The molecule has 3 rings (SSSR count). The van der Waals surface area contributed by atoms with Crippen molar-refractivity contribution in [3.63, 3.8) is 0 Å². The fraction of sp³-hybridized carbons (Fsp3) is 0.182. The van der Waals surface area contributed by atoms with E-state index in [0.29, 0.717) is 12.2 Å². The van der Waals surface area contributed by atoms with Crippen LogP contribution >= 0.6 is 0 Å². The van der Waals surface area contributed by atoms with E-state index in [1.165, 1.54) is 10.1 Å². The first-order chi connectivity index (χ1) is 15.6. The van der Waals surface area contributed by atoms with Gasteiger partial charge in [-0.25, -0.2) is 9.78 Å². The number of hydrogen-bond acceptors (Lipinski definition) is 5. The van der Waals surface area contributed by atoms with Gasteiger partial charge in [0.05, 0.1) is 11.9 Å². The number of nitrogens with zero attached hydrogens (tertiary/aromatic N) is 2. The number of carboxylic acid groups (broad SMARTS) is 1. The third-order valence-electron chi connectivity index (χ3n) is 4.23. The standard InChI is InChI=1S/C20H20N4O2.C2HF3O2/c21-18(25)14-24-17(16-9-5-2-6-10-16)13-23-19(20(24)26)22-12-11-15-7-3-1-4-8-15;3-2(4,5)1(6)7/h1-10,13H,11-12,14H2,(H2,21,25)(H,22,23);(H,6,7). The molecule has 4 N–H and O–H groups in total.